The number of ether oxygens (including phenoxy) is 1. The molecule has 0 saturated carbocycles. The SMILES string of the molecule is C=CCOc1ccccc1CNC(=NC)NCc1ccc(N2CCN(C)CC2)nc1. The summed E-state index contributed by atoms with van der Waals surface area (Å²) in [7, 11) is 3.93. The second kappa shape index (κ2) is 11.2. The van der Waals surface area contributed by atoms with Crippen LogP contribution in [0, 0.1) is 0 Å². The van der Waals surface area contributed by atoms with Crippen LogP contribution in [0.4, 0.5) is 5.82 Å². The lowest BCUT2D eigenvalue weighted by Gasteiger charge is -2.33. The first-order valence-corrected chi connectivity index (χ1v) is 10.3. The van der Waals surface area contributed by atoms with E-state index in [9.17, 15) is 0 Å². The molecule has 1 fully saturated rings. The van der Waals surface area contributed by atoms with Crippen LogP contribution < -0.4 is 20.3 Å². The summed E-state index contributed by atoms with van der Waals surface area (Å²) in [6, 6.07) is 12.2. The largest absolute Gasteiger partial charge is 0.489 e. The molecule has 1 saturated heterocycles. The quantitative estimate of drug-likeness (QED) is 0.397. The van der Waals surface area contributed by atoms with Crippen molar-refractivity contribution in [1.29, 1.82) is 0 Å². The lowest BCUT2D eigenvalue weighted by Crippen LogP contribution is -2.44. The predicted octanol–water partition coefficient (Wildman–Crippen LogP) is 2.26. The van der Waals surface area contributed by atoms with E-state index in [4.69, 9.17) is 4.74 Å². The Bertz CT molecular complexity index is 828. The molecule has 2 aromatic rings. The number of likely N-dealkylation sites (N-methyl/N-ethyl adjacent to an activating group) is 1. The summed E-state index contributed by atoms with van der Waals surface area (Å²) in [5, 5.41) is 6.68. The van der Waals surface area contributed by atoms with Crippen molar-refractivity contribution in [3.8, 4) is 5.75 Å². The Morgan fingerprint density at radius 3 is 2.60 bits per heavy atom. The number of hydrogen-bond donors (Lipinski definition) is 2. The lowest BCUT2D eigenvalue weighted by atomic mass is 10.2. The van der Waals surface area contributed by atoms with Crippen molar-refractivity contribution in [3.05, 3.63) is 66.4 Å². The molecule has 1 aromatic heterocycles. The van der Waals surface area contributed by atoms with Crippen LogP contribution in [0.1, 0.15) is 11.1 Å². The highest BCUT2D eigenvalue weighted by Gasteiger charge is 2.15. The van der Waals surface area contributed by atoms with Crippen LogP contribution in [-0.4, -0.2) is 62.7 Å². The molecule has 30 heavy (non-hydrogen) atoms. The van der Waals surface area contributed by atoms with Crippen molar-refractivity contribution in [2.45, 2.75) is 13.1 Å². The number of guanidine groups is 1. The Hall–Kier alpha value is -3.06. The van der Waals surface area contributed by atoms with Gasteiger partial charge in [0.05, 0.1) is 0 Å². The Morgan fingerprint density at radius 2 is 1.90 bits per heavy atom. The van der Waals surface area contributed by atoms with Gasteiger partial charge in [-0.15, -0.1) is 0 Å². The maximum atomic E-state index is 5.72. The zero-order chi connectivity index (χ0) is 21.2. The zero-order valence-electron chi connectivity index (χ0n) is 18.0. The van der Waals surface area contributed by atoms with E-state index in [0.29, 0.717) is 19.7 Å². The fraction of sp³-hybridized carbons (Fsp3) is 0.391. The first-order valence-electron chi connectivity index (χ1n) is 10.3. The number of aromatic nitrogens is 1. The number of hydrogen-bond acceptors (Lipinski definition) is 5. The number of nitrogens with zero attached hydrogens (tertiary/aromatic N) is 4. The van der Waals surface area contributed by atoms with E-state index in [1.54, 1.807) is 13.1 Å². The number of pyridine rings is 1. The standard InChI is InChI=1S/C23H32N6O/c1-4-15-30-21-8-6-5-7-20(21)18-27-23(24-2)26-17-19-9-10-22(25-16-19)29-13-11-28(3)12-14-29/h4-10,16H,1,11-15,17-18H2,2-3H3,(H2,24,26,27). The molecule has 1 aromatic carbocycles. The maximum Gasteiger partial charge on any atom is 0.191 e. The fourth-order valence-electron chi connectivity index (χ4n) is 3.27. The Morgan fingerprint density at radius 1 is 1.13 bits per heavy atom. The van der Waals surface area contributed by atoms with Crippen molar-refractivity contribution in [1.82, 2.24) is 20.5 Å². The summed E-state index contributed by atoms with van der Waals surface area (Å²) >= 11 is 0. The molecule has 0 amide bonds. The van der Waals surface area contributed by atoms with Crippen molar-refractivity contribution in [2.24, 2.45) is 4.99 Å². The monoisotopic (exact) mass is 408 g/mol. The molecule has 0 unspecified atom stereocenters. The van der Waals surface area contributed by atoms with E-state index in [1.165, 1.54) is 0 Å². The summed E-state index contributed by atoms with van der Waals surface area (Å²) in [6.07, 6.45) is 3.68. The third kappa shape index (κ3) is 6.22. The van der Waals surface area contributed by atoms with E-state index in [0.717, 1.165) is 54.8 Å². The third-order valence-electron chi connectivity index (χ3n) is 5.10. The van der Waals surface area contributed by atoms with Crippen LogP contribution in [0.25, 0.3) is 0 Å². The topological polar surface area (TPSA) is 65.0 Å². The average molecular weight is 409 g/mol. The van der Waals surface area contributed by atoms with Gasteiger partial charge in [0.1, 0.15) is 18.2 Å². The van der Waals surface area contributed by atoms with Gasteiger partial charge >= 0.3 is 0 Å². The van der Waals surface area contributed by atoms with E-state index in [-0.39, 0.29) is 0 Å². The van der Waals surface area contributed by atoms with Crippen LogP contribution in [0.2, 0.25) is 0 Å². The van der Waals surface area contributed by atoms with Crippen LogP contribution >= 0.6 is 0 Å². The lowest BCUT2D eigenvalue weighted by molar-refractivity contribution is 0.312. The number of piperazine rings is 1. The minimum absolute atomic E-state index is 0.487. The van der Waals surface area contributed by atoms with Crippen LogP contribution in [0.5, 0.6) is 5.75 Å². The maximum absolute atomic E-state index is 5.72. The Labute approximate surface area is 179 Å². The highest BCUT2D eigenvalue weighted by atomic mass is 16.5. The summed E-state index contributed by atoms with van der Waals surface area (Å²) < 4.78 is 5.72. The predicted molar refractivity (Wildman–Crippen MR) is 123 cm³/mol. The van der Waals surface area contributed by atoms with Crippen LogP contribution in [0.15, 0.2) is 60.2 Å². The van der Waals surface area contributed by atoms with Crippen LogP contribution in [-0.2, 0) is 13.1 Å². The number of anilines is 1. The van der Waals surface area contributed by atoms with E-state index in [1.807, 2.05) is 30.5 Å². The third-order valence-corrected chi connectivity index (χ3v) is 5.10. The molecule has 0 radical (unpaired) electrons. The van der Waals surface area contributed by atoms with Gasteiger partial charge in [-0.25, -0.2) is 4.98 Å². The molecule has 2 N–H and O–H groups in total. The van der Waals surface area contributed by atoms with Crippen molar-refractivity contribution in [2.75, 3.05) is 51.8 Å². The number of nitrogens with one attached hydrogen (secondary N) is 2. The smallest absolute Gasteiger partial charge is 0.191 e. The van der Waals surface area contributed by atoms with Gasteiger partial charge in [-0.1, -0.05) is 36.9 Å². The minimum atomic E-state index is 0.487. The second-order valence-corrected chi connectivity index (χ2v) is 7.30. The first-order chi connectivity index (χ1) is 14.7. The Balaban J connectivity index is 1.49. The van der Waals surface area contributed by atoms with E-state index in [2.05, 4.69) is 56.2 Å². The van der Waals surface area contributed by atoms with Gasteiger partial charge in [0.15, 0.2) is 5.96 Å². The molecular formula is C23H32N6O. The molecule has 0 bridgehead atoms. The van der Waals surface area contributed by atoms with Gasteiger partial charge in [-0.3, -0.25) is 4.99 Å². The molecule has 0 aliphatic carbocycles. The fourth-order valence-corrected chi connectivity index (χ4v) is 3.27. The molecule has 7 heteroatoms. The summed E-state index contributed by atoms with van der Waals surface area (Å²) in [6.45, 7) is 9.67. The van der Waals surface area contributed by atoms with E-state index >= 15 is 0 Å². The summed E-state index contributed by atoms with van der Waals surface area (Å²) in [4.78, 5) is 13.6. The van der Waals surface area contributed by atoms with Gasteiger partial charge in [0, 0.05) is 58.1 Å². The van der Waals surface area contributed by atoms with Gasteiger partial charge in [-0.05, 0) is 24.7 Å². The molecule has 0 atom stereocenters. The Kier molecular flexibility index (Phi) is 8.09. The normalized spacial score (nSPS) is 15.0. The average Bonchev–Trinajstić information content (AvgIpc) is 2.79. The molecule has 1 aliphatic rings. The first kappa shape index (κ1) is 21.6. The highest BCUT2D eigenvalue weighted by molar-refractivity contribution is 5.79. The van der Waals surface area contributed by atoms with Crippen molar-refractivity contribution >= 4 is 11.8 Å². The zero-order valence-corrected chi connectivity index (χ0v) is 18.0. The van der Waals surface area contributed by atoms with Crippen LogP contribution in [0.3, 0.4) is 0 Å². The molecule has 7 nitrogen and oxygen atoms in total. The van der Waals surface area contributed by atoms with Gasteiger partial charge < -0.3 is 25.2 Å². The number of para-hydroxylation sites is 1. The van der Waals surface area contributed by atoms with Crippen molar-refractivity contribution in [3.63, 3.8) is 0 Å². The number of benzene rings is 1. The summed E-state index contributed by atoms with van der Waals surface area (Å²) in [5.74, 6) is 2.63. The highest BCUT2D eigenvalue weighted by Crippen LogP contribution is 2.17. The minimum Gasteiger partial charge on any atom is -0.489 e. The number of rotatable bonds is 8. The molecular weight excluding hydrogens is 376 g/mol. The van der Waals surface area contributed by atoms with Gasteiger partial charge in [0.2, 0.25) is 0 Å². The number of aliphatic imine (C=N–C) groups is 1. The van der Waals surface area contributed by atoms with Crippen molar-refractivity contribution < 1.29 is 4.74 Å². The molecule has 160 valence electrons. The molecule has 2 heterocycles. The summed E-state index contributed by atoms with van der Waals surface area (Å²) in [5.41, 5.74) is 2.19. The van der Waals surface area contributed by atoms with Gasteiger partial charge in [-0.2, -0.15) is 0 Å². The molecule has 0 spiro atoms. The second-order valence-electron chi connectivity index (χ2n) is 7.30. The molecule has 1 aliphatic heterocycles. The molecule has 3 rings (SSSR count). The van der Waals surface area contributed by atoms with E-state index < -0.39 is 0 Å². The van der Waals surface area contributed by atoms with Gasteiger partial charge in [0.25, 0.3) is 0 Å².